The van der Waals surface area contributed by atoms with E-state index in [9.17, 15) is 18.0 Å². The van der Waals surface area contributed by atoms with Crippen molar-refractivity contribution in [2.45, 2.75) is 37.0 Å². The molecule has 3 atom stereocenters. The van der Waals surface area contributed by atoms with Crippen LogP contribution >= 0.6 is 0 Å². The second kappa shape index (κ2) is 7.13. The molecule has 0 spiro atoms. The third-order valence-electron chi connectivity index (χ3n) is 5.14. The standard InChI is InChI=1S/C17H22N2O5S/c18-25(22,23)15-5-3-14(4-6-15)19-16(20)10-24-17(21)9-13-8-11-1-2-12(13)7-11/h3-6,11-13H,1-2,7-10H2,(H,19,20)(H2,18,22,23)/t11-,12+,13-/m0/s1. The predicted octanol–water partition coefficient (Wildman–Crippen LogP) is 1.64. The van der Waals surface area contributed by atoms with Gasteiger partial charge in [0.15, 0.2) is 6.61 Å². The summed E-state index contributed by atoms with van der Waals surface area (Å²) in [5, 5.41) is 7.55. The summed E-state index contributed by atoms with van der Waals surface area (Å²) in [5.74, 6) is 1.01. The molecule has 2 aliphatic rings. The zero-order chi connectivity index (χ0) is 18.0. The summed E-state index contributed by atoms with van der Waals surface area (Å²) in [4.78, 5) is 23.7. The lowest BCUT2D eigenvalue weighted by atomic mass is 9.86. The van der Waals surface area contributed by atoms with Crippen molar-refractivity contribution in [1.29, 1.82) is 0 Å². The highest BCUT2D eigenvalue weighted by Crippen LogP contribution is 2.49. The summed E-state index contributed by atoms with van der Waals surface area (Å²) in [6, 6.07) is 5.45. The molecular weight excluding hydrogens is 344 g/mol. The van der Waals surface area contributed by atoms with Crippen LogP contribution in [0.15, 0.2) is 29.2 Å². The van der Waals surface area contributed by atoms with Crippen molar-refractivity contribution < 1.29 is 22.7 Å². The van der Waals surface area contributed by atoms with Crippen LogP contribution in [0.25, 0.3) is 0 Å². The van der Waals surface area contributed by atoms with Crippen LogP contribution in [0.1, 0.15) is 32.1 Å². The van der Waals surface area contributed by atoms with E-state index in [0.29, 0.717) is 23.9 Å². The molecule has 136 valence electrons. The van der Waals surface area contributed by atoms with Crippen molar-refractivity contribution in [3.05, 3.63) is 24.3 Å². The normalized spacial score (nSPS) is 24.9. The Morgan fingerprint density at radius 3 is 2.44 bits per heavy atom. The SMILES string of the molecule is NS(=O)(=O)c1ccc(NC(=O)COC(=O)C[C@@H]2C[C@H]3CC[C@@H]2C3)cc1. The van der Waals surface area contributed by atoms with Crippen molar-refractivity contribution >= 4 is 27.6 Å². The molecule has 1 aromatic carbocycles. The number of benzene rings is 1. The van der Waals surface area contributed by atoms with Crippen molar-refractivity contribution in [3.8, 4) is 0 Å². The number of hydrogen-bond donors (Lipinski definition) is 2. The minimum absolute atomic E-state index is 0.0391. The molecule has 3 N–H and O–H groups in total. The smallest absolute Gasteiger partial charge is 0.306 e. The maximum absolute atomic E-state index is 11.9. The topological polar surface area (TPSA) is 116 Å². The van der Waals surface area contributed by atoms with E-state index >= 15 is 0 Å². The zero-order valence-electron chi connectivity index (χ0n) is 13.8. The van der Waals surface area contributed by atoms with Crippen molar-refractivity contribution in [1.82, 2.24) is 0 Å². The van der Waals surface area contributed by atoms with Crippen LogP contribution in [0.2, 0.25) is 0 Å². The van der Waals surface area contributed by atoms with Gasteiger partial charge in [-0.05, 0) is 61.3 Å². The first-order valence-electron chi connectivity index (χ1n) is 8.39. The maximum atomic E-state index is 11.9. The fraction of sp³-hybridized carbons (Fsp3) is 0.529. The summed E-state index contributed by atoms with van der Waals surface area (Å²) < 4.78 is 27.4. The maximum Gasteiger partial charge on any atom is 0.306 e. The number of carbonyl (C=O) groups is 2. The molecular formula is C17H22N2O5S. The summed E-state index contributed by atoms with van der Waals surface area (Å²) in [7, 11) is -3.77. The van der Waals surface area contributed by atoms with E-state index in [-0.39, 0.29) is 17.5 Å². The number of esters is 1. The Labute approximate surface area is 147 Å². The molecule has 25 heavy (non-hydrogen) atoms. The zero-order valence-corrected chi connectivity index (χ0v) is 14.6. The lowest BCUT2D eigenvalue weighted by molar-refractivity contribution is -0.148. The number of hydrogen-bond acceptors (Lipinski definition) is 5. The number of fused-ring (bicyclic) bond motifs is 2. The summed E-state index contributed by atoms with van der Waals surface area (Å²) in [6.45, 7) is -0.351. The van der Waals surface area contributed by atoms with Gasteiger partial charge in [0.05, 0.1) is 4.90 Å². The number of ether oxygens (including phenoxy) is 1. The van der Waals surface area contributed by atoms with Crippen molar-refractivity contribution in [2.24, 2.45) is 22.9 Å². The molecule has 2 fully saturated rings. The van der Waals surface area contributed by atoms with Crippen molar-refractivity contribution in [3.63, 3.8) is 0 Å². The molecule has 7 nitrogen and oxygen atoms in total. The first-order chi connectivity index (χ1) is 11.8. The van der Waals surface area contributed by atoms with E-state index in [2.05, 4.69) is 5.32 Å². The molecule has 2 aliphatic carbocycles. The highest BCUT2D eigenvalue weighted by Gasteiger charge is 2.40. The Morgan fingerprint density at radius 2 is 1.88 bits per heavy atom. The Bertz CT molecular complexity index is 760. The van der Waals surface area contributed by atoms with E-state index in [1.807, 2.05) is 0 Å². The van der Waals surface area contributed by atoms with Crippen LogP contribution in [-0.4, -0.2) is 26.9 Å². The molecule has 2 saturated carbocycles. The fourth-order valence-electron chi connectivity index (χ4n) is 3.97. The van der Waals surface area contributed by atoms with Crippen LogP contribution in [-0.2, 0) is 24.3 Å². The van der Waals surface area contributed by atoms with Gasteiger partial charge in [-0.25, -0.2) is 13.6 Å². The quantitative estimate of drug-likeness (QED) is 0.743. The number of nitrogens with two attached hydrogens (primary N) is 1. The van der Waals surface area contributed by atoms with Gasteiger partial charge in [-0.1, -0.05) is 6.42 Å². The second-order valence-electron chi connectivity index (χ2n) is 6.92. The van der Waals surface area contributed by atoms with Gasteiger partial charge in [0.1, 0.15) is 0 Å². The molecule has 3 rings (SSSR count). The summed E-state index contributed by atoms with van der Waals surface area (Å²) in [6.07, 6.45) is 5.20. The second-order valence-corrected chi connectivity index (χ2v) is 8.48. The van der Waals surface area contributed by atoms with E-state index in [1.54, 1.807) is 0 Å². The van der Waals surface area contributed by atoms with E-state index < -0.39 is 15.9 Å². The van der Waals surface area contributed by atoms with Crippen molar-refractivity contribution in [2.75, 3.05) is 11.9 Å². The van der Waals surface area contributed by atoms with Crippen LogP contribution in [0.5, 0.6) is 0 Å². The van der Waals surface area contributed by atoms with Gasteiger partial charge in [0.2, 0.25) is 10.0 Å². The minimum Gasteiger partial charge on any atom is -0.456 e. The molecule has 0 heterocycles. The predicted molar refractivity (Wildman–Crippen MR) is 91.0 cm³/mol. The van der Waals surface area contributed by atoms with Gasteiger partial charge in [-0.3, -0.25) is 9.59 Å². The Kier molecular flexibility index (Phi) is 5.10. The van der Waals surface area contributed by atoms with Gasteiger partial charge < -0.3 is 10.1 Å². The molecule has 1 amide bonds. The molecule has 8 heteroatoms. The Morgan fingerprint density at radius 1 is 1.16 bits per heavy atom. The van der Waals surface area contributed by atoms with E-state index in [0.717, 1.165) is 12.3 Å². The molecule has 0 radical (unpaired) electrons. The first-order valence-corrected chi connectivity index (χ1v) is 9.94. The fourth-order valence-corrected chi connectivity index (χ4v) is 4.49. The lowest BCUT2D eigenvalue weighted by Crippen LogP contribution is -2.23. The molecule has 0 aliphatic heterocycles. The number of carbonyl (C=O) groups excluding carboxylic acids is 2. The van der Waals surface area contributed by atoms with Crippen LogP contribution < -0.4 is 10.5 Å². The number of primary sulfonamides is 1. The third kappa shape index (κ3) is 4.58. The Hall–Kier alpha value is -1.93. The van der Waals surface area contributed by atoms with Crippen LogP contribution in [0.4, 0.5) is 5.69 Å². The number of amides is 1. The van der Waals surface area contributed by atoms with Gasteiger partial charge in [0, 0.05) is 12.1 Å². The number of sulfonamides is 1. The third-order valence-corrected chi connectivity index (χ3v) is 6.07. The van der Waals surface area contributed by atoms with Gasteiger partial charge in [0.25, 0.3) is 5.91 Å². The van der Waals surface area contributed by atoms with Crippen LogP contribution in [0, 0.1) is 17.8 Å². The highest BCUT2D eigenvalue weighted by molar-refractivity contribution is 7.89. The molecule has 0 unspecified atom stereocenters. The van der Waals surface area contributed by atoms with Gasteiger partial charge in [-0.15, -0.1) is 0 Å². The largest absolute Gasteiger partial charge is 0.456 e. The number of anilines is 1. The molecule has 0 aromatic heterocycles. The highest BCUT2D eigenvalue weighted by atomic mass is 32.2. The molecule has 1 aromatic rings. The average Bonchev–Trinajstić information content (AvgIpc) is 3.15. The van der Waals surface area contributed by atoms with E-state index in [1.165, 1.54) is 43.5 Å². The monoisotopic (exact) mass is 366 g/mol. The number of nitrogens with one attached hydrogen (secondary N) is 1. The minimum atomic E-state index is -3.77. The average molecular weight is 366 g/mol. The first kappa shape index (κ1) is 17.9. The molecule has 2 bridgehead atoms. The Balaban J connectivity index is 1.42. The van der Waals surface area contributed by atoms with Gasteiger partial charge in [-0.2, -0.15) is 0 Å². The van der Waals surface area contributed by atoms with Gasteiger partial charge >= 0.3 is 5.97 Å². The summed E-state index contributed by atoms with van der Waals surface area (Å²) in [5.41, 5.74) is 0.404. The lowest BCUT2D eigenvalue weighted by Gasteiger charge is -2.20. The van der Waals surface area contributed by atoms with Crippen LogP contribution in [0.3, 0.4) is 0 Å². The number of rotatable bonds is 6. The summed E-state index contributed by atoms with van der Waals surface area (Å²) >= 11 is 0. The van der Waals surface area contributed by atoms with E-state index in [4.69, 9.17) is 9.88 Å². The molecule has 0 saturated heterocycles.